The number of carbonyl (C=O) groups is 3. The Labute approximate surface area is 124 Å². The van der Waals surface area contributed by atoms with Gasteiger partial charge in [-0.05, 0) is 25.1 Å². The number of halogens is 1. The van der Waals surface area contributed by atoms with Gasteiger partial charge >= 0.3 is 5.97 Å². The van der Waals surface area contributed by atoms with Crippen molar-refractivity contribution in [2.75, 3.05) is 0 Å². The summed E-state index contributed by atoms with van der Waals surface area (Å²) in [5, 5.41) is 0.354. The lowest BCUT2D eigenvalue weighted by Gasteiger charge is -2.12. The number of carbonyl (C=O) groups excluding carboxylic acids is 3. The third-order valence-corrected chi connectivity index (χ3v) is 3.18. The molecule has 0 fully saturated rings. The summed E-state index contributed by atoms with van der Waals surface area (Å²) in [6, 6.07) is 8.68. The van der Waals surface area contributed by atoms with E-state index in [-0.39, 0.29) is 22.4 Å². The van der Waals surface area contributed by atoms with Crippen LogP contribution in [0.25, 0.3) is 0 Å². The molecule has 1 aromatic carbocycles. The minimum Gasteiger partial charge on any atom is -0.323 e. The first kappa shape index (κ1) is 13.9. The highest BCUT2D eigenvalue weighted by molar-refractivity contribution is 6.21. The van der Waals surface area contributed by atoms with Crippen molar-refractivity contribution in [2.45, 2.75) is 6.92 Å². The van der Waals surface area contributed by atoms with E-state index in [1.54, 1.807) is 12.1 Å². The number of aromatic nitrogens is 1. The number of pyridine rings is 1. The average molecular weight is 300 g/mol. The van der Waals surface area contributed by atoms with Crippen molar-refractivity contribution in [3.05, 3.63) is 64.7 Å². The van der Waals surface area contributed by atoms with E-state index >= 15 is 0 Å². The number of hydrogen-bond acceptors (Lipinski definition) is 5. The zero-order valence-corrected chi connectivity index (χ0v) is 11.4. The van der Waals surface area contributed by atoms with Gasteiger partial charge in [0, 0.05) is 5.56 Å². The molecule has 0 radical (unpaired) electrons. The van der Waals surface area contributed by atoms with Gasteiger partial charge in [-0.25, -0.2) is 9.78 Å². The summed E-state index contributed by atoms with van der Waals surface area (Å²) in [5.41, 5.74) is 0.212. The third kappa shape index (κ3) is 2.12. The lowest BCUT2D eigenvalue weighted by Crippen LogP contribution is -2.33. The molecule has 0 bridgehead atoms. The summed E-state index contributed by atoms with van der Waals surface area (Å²) in [7, 11) is 0. The number of rotatable bonds is 2. The Bertz CT molecular complexity index is 784. The second kappa shape index (κ2) is 5.03. The van der Waals surface area contributed by atoms with E-state index in [0.717, 1.165) is 0 Å². The molecule has 7 heteroatoms. The van der Waals surface area contributed by atoms with Gasteiger partial charge < -0.3 is 4.84 Å². The first-order valence-electron chi connectivity index (χ1n) is 6.32. The summed E-state index contributed by atoms with van der Waals surface area (Å²) >= 11 is 0. The van der Waals surface area contributed by atoms with E-state index in [0.29, 0.717) is 5.06 Å². The molecule has 0 unspecified atom stereocenters. The lowest BCUT2D eigenvalue weighted by molar-refractivity contribution is -0.0589. The number of benzene rings is 1. The molecule has 6 nitrogen and oxygen atoms in total. The Hall–Kier alpha value is -3.09. The maximum Gasteiger partial charge on any atom is 0.382 e. The highest BCUT2D eigenvalue weighted by Gasteiger charge is 2.39. The van der Waals surface area contributed by atoms with Crippen molar-refractivity contribution in [1.29, 1.82) is 0 Å². The quantitative estimate of drug-likeness (QED) is 0.625. The van der Waals surface area contributed by atoms with Crippen LogP contribution in [-0.2, 0) is 4.84 Å². The largest absolute Gasteiger partial charge is 0.382 e. The van der Waals surface area contributed by atoms with Crippen LogP contribution in [0.4, 0.5) is 4.39 Å². The number of aryl methyl sites for hydroxylation is 1. The van der Waals surface area contributed by atoms with Crippen LogP contribution in [0.3, 0.4) is 0 Å². The van der Waals surface area contributed by atoms with Gasteiger partial charge in [-0.2, -0.15) is 4.39 Å². The van der Waals surface area contributed by atoms with Crippen LogP contribution in [0, 0.1) is 12.9 Å². The molecule has 2 aromatic rings. The van der Waals surface area contributed by atoms with Crippen molar-refractivity contribution >= 4 is 17.8 Å². The molecule has 0 atom stereocenters. The second-order valence-corrected chi connectivity index (χ2v) is 4.63. The van der Waals surface area contributed by atoms with Crippen molar-refractivity contribution in [2.24, 2.45) is 0 Å². The van der Waals surface area contributed by atoms with E-state index < -0.39 is 23.7 Å². The molecule has 3 rings (SSSR count). The number of imide groups is 1. The summed E-state index contributed by atoms with van der Waals surface area (Å²) in [6.07, 6.45) is 0. The fourth-order valence-corrected chi connectivity index (χ4v) is 2.00. The van der Waals surface area contributed by atoms with Crippen LogP contribution in [0.5, 0.6) is 0 Å². The van der Waals surface area contributed by atoms with Gasteiger partial charge in [0.15, 0.2) is 5.69 Å². The van der Waals surface area contributed by atoms with Crippen LogP contribution in [0.15, 0.2) is 36.4 Å². The van der Waals surface area contributed by atoms with Crippen molar-refractivity contribution in [3.8, 4) is 0 Å². The smallest absolute Gasteiger partial charge is 0.323 e. The zero-order valence-electron chi connectivity index (χ0n) is 11.4. The average Bonchev–Trinajstić information content (AvgIpc) is 2.75. The third-order valence-electron chi connectivity index (χ3n) is 3.18. The Kier molecular flexibility index (Phi) is 3.17. The lowest BCUT2D eigenvalue weighted by atomic mass is 10.1. The SMILES string of the molecule is Cc1ccc(C(=O)ON2C(=O)c3ccccc3C2=O)nc1F. The van der Waals surface area contributed by atoms with Gasteiger partial charge in [0.25, 0.3) is 11.8 Å². The maximum atomic E-state index is 13.4. The summed E-state index contributed by atoms with van der Waals surface area (Å²) < 4.78 is 13.4. The Morgan fingerprint density at radius 2 is 1.68 bits per heavy atom. The minimum absolute atomic E-state index is 0.142. The van der Waals surface area contributed by atoms with E-state index in [1.165, 1.54) is 31.2 Å². The Balaban J connectivity index is 1.85. The van der Waals surface area contributed by atoms with Crippen LogP contribution >= 0.6 is 0 Å². The van der Waals surface area contributed by atoms with E-state index in [2.05, 4.69) is 4.98 Å². The van der Waals surface area contributed by atoms with Crippen molar-refractivity contribution < 1.29 is 23.6 Å². The molecule has 2 heterocycles. The molecule has 0 spiro atoms. The fourth-order valence-electron chi connectivity index (χ4n) is 2.00. The Morgan fingerprint density at radius 3 is 2.23 bits per heavy atom. The molecule has 1 aliphatic rings. The first-order valence-corrected chi connectivity index (χ1v) is 6.32. The number of nitrogens with zero attached hydrogens (tertiary/aromatic N) is 2. The van der Waals surface area contributed by atoms with Gasteiger partial charge in [-0.3, -0.25) is 9.59 Å². The highest BCUT2D eigenvalue weighted by Crippen LogP contribution is 2.23. The molecule has 0 aliphatic carbocycles. The van der Waals surface area contributed by atoms with Crippen LogP contribution in [0.2, 0.25) is 0 Å². The van der Waals surface area contributed by atoms with Gasteiger partial charge in [0.1, 0.15) is 0 Å². The predicted molar refractivity (Wildman–Crippen MR) is 71.3 cm³/mol. The van der Waals surface area contributed by atoms with E-state index in [1.807, 2.05) is 0 Å². The highest BCUT2D eigenvalue weighted by atomic mass is 19.1. The van der Waals surface area contributed by atoms with Gasteiger partial charge in [-0.1, -0.05) is 23.3 Å². The minimum atomic E-state index is -1.09. The normalized spacial score (nSPS) is 13.3. The predicted octanol–water partition coefficient (Wildman–Crippen LogP) is 1.90. The zero-order chi connectivity index (χ0) is 15.9. The van der Waals surface area contributed by atoms with Crippen molar-refractivity contribution in [1.82, 2.24) is 10.0 Å². The molecule has 1 aromatic heterocycles. The molecule has 0 saturated heterocycles. The molecule has 0 N–H and O–H groups in total. The summed E-state index contributed by atoms with van der Waals surface area (Å²) in [5.74, 6) is -3.41. The van der Waals surface area contributed by atoms with Gasteiger partial charge in [0.05, 0.1) is 11.1 Å². The number of amides is 2. The number of fused-ring (bicyclic) bond motifs is 1. The second-order valence-electron chi connectivity index (χ2n) is 4.63. The first-order chi connectivity index (χ1) is 10.5. The number of hydrogen-bond donors (Lipinski definition) is 0. The van der Waals surface area contributed by atoms with Crippen LogP contribution in [-0.4, -0.2) is 27.8 Å². The maximum absolute atomic E-state index is 13.4. The molecule has 0 saturated carbocycles. The fraction of sp³-hybridized carbons (Fsp3) is 0.0667. The Morgan fingerprint density at radius 1 is 1.09 bits per heavy atom. The molecule has 1 aliphatic heterocycles. The van der Waals surface area contributed by atoms with Gasteiger partial charge in [-0.15, -0.1) is 0 Å². The molecule has 110 valence electrons. The van der Waals surface area contributed by atoms with Crippen LogP contribution in [0.1, 0.15) is 36.8 Å². The van der Waals surface area contributed by atoms with Gasteiger partial charge in [0.2, 0.25) is 5.95 Å². The van der Waals surface area contributed by atoms with E-state index in [9.17, 15) is 18.8 Å². The summed E-state index contributed by atoms with van der Waals surface area (Å²) in [4.78, 5) is 44.2. The topological polar surface area (TPSA) is 76.6 Å². The van der Waals surface area contributed by atoms with Crippen LogP contribution < -0.4 is 0 Å². The van der Waals surface area contributed by atoms with Crippen molar-refractivity contribution in [3.63, 3.8) is 0 Å². The molecular formula is C15H9FN2O4. The summed E-state index contributed by atoms with van der Waals surface area (Å²) in [6.45, 7) is 1.49. The standard InChI is InChI=1S/C15H9FN2O4/c1-8-6-7-11(17-12(8)16)15(21)22-18-13(19)9-4-2-3-5-10(9)14(18)20/h2-7H,1H3. The van der Waals surface area contributed by atoms with E-state index in [4.69, 9.17) is 4.84 Å². The molecule has 22 heavy (non-hydrogen) atoms. The molecule has 2 amide bonds. The number of hydroxylamine groups is 2. The molecular weight excluding hydrogens is 291 g/mol. The monoisotopic (exact) mass is 300 g/mol.